The maximum absolute atomic E-state index is 12.2. The third-order valence-corrected chi connectivity index (χ3v) is 4.96. The fourth-order valence-electron chi connectivity index (χ4n) is 3.54. The largest absolute Gasteiger partial charge is 0.366 e. The summed E-state index contributed by atoms with van der Waals surface area (Å²) in [6.45, 7) is 6.59. The van der Waals surface area contributed by atoms with Crippen molar-refractivity contribution in [2.24, 2.45) is 0 Å². The van der Waals surface area contributed by atoms with E-state index in [1.165, 1.54) is 0 Å². The van der Waals surface area contributed by atoms with Gasteiger partial charge in [0.25, 0.3) is 5.69 Å². The minimum absolute atomic E-state index is 0.00988. The van der Waals surface area contributed by atoms with Crippen LogP contribution in [0.15, 0.2) is 30.3 Å². The molecule has 0 spiro atoms. The Morgan fingerprint density at radius 3 is 2.11 bits per heavy atom. The lowest BCUT2D eigenvalue weighted by Crippen LogP contribution is -2.51. The highest BCUT2D eigenvalue weighted by atomic mass is 16.6. The number of amides is 2. The van der Waals surface area contributed by atoms with Gasteiger partial charge in [0.2, 0.25) is 0 Å². The van der Waals surface area contributed by atoms with Gasteiger partial charge in [-0.25, -0.2) is 4.79 Å². The summed E-state index contributed by atoms with van der Waals surface area (Å²) in [7, 11) is 3.50. The van der Waals surface area contributed by atoms with Crippen molar-refractivity contribution in [1.82, 2.24) is 14.4 Å². The number of carbonyl (C=O) groups is 1. The molecule has 1 aliphatic rings. The van der Waals surface area contributed by atoms with Crippen LogP contribution >= 0.6 is 0 Å². The molecule has 144 valence electrons. The van der Waals surface area contributed by atoms with Crippen LogP contribution in [0.1, 0.15) is 11.4 Å². The Balaban J connectivity index is 1.95. The maximum Gasteiger partial charge on any atom is 0.319 e. The smallest absolute Gasteiger partial charge is 0.319 e. The summed E-state index contributed by atoms with van der Waals surface area (Å²) < 4.78 is 2.04. The number of aromatic nitrogens is 1. The highest BCUT2D eigenvalue weighted by molar-refractivity contribution is 5.74. The molecule has 1 aliphatic heterocycles. The van der Waals surface area contributed by atoms with E-state index < -0.39 is 0 Å². The third kappa shape index (κ3) is 3.60. The molecule has 0 atom stereocenters. The van der Waals surface area contributed by atoms with Crippen molar-refractivity contribution >= 4 is 17.4 Å². The molecule has 1 saturated heterocycles. The van der Waals surface area contributed by atoms with Gasteiger partial charge in [0.15, 0.2) is 0 Å². The molecule has 2 amide bonds. The first kappa shape index (κ1) is 18.8. The summed E-state index contributed by atoms with van der Waals surface area (Å²) in [4.78, 5) is 28.7. The predicted octanol–water partition coefficient (Wildman–Crippen LogP) is 2.81. The van der Waals surface area contributed by atoms with E-state index in [2.05, 4.69) is 4.90 Å². The molecule has 2 heterocycles. The summed E-state index contributed by atoms with van der Waals surface area (Å²) in [5, 5.41) is 11.3. The van der Waals surface area contributed by atoms with Crippen molar-refractivity contribution in [1.29, 1.82) is 0 Å². The second-order valence-corrected chi connectivity index (χ2v) is 7.03. The molecule has 0 unspecified atom stereocenters. The second-order valence-electron chi connectivity index (χ2n) is 7.03. The van der Waals surface area contributed by atoms with Crippen LogP contribution in [0.5, 0.6) is 0 Å². The van der Waals surface area contributed by atoms with Crippen molar-refractivity contribution in [2.45, 2.75) is 13.8 Å². The molecule has 2 aromatic rings. The van der Waals surface area contributed by atoms with Crippen LogP contribution in [0.3, 0.4) is 0 Å². The zero-order valence-electron chi connectivity index (χ0n) is 16.2. The number of carbonyl (C=O) groups excluding carboxylic acids is 1. The number of urea groups is 1. The summed E-state index contributed by atoms with van der Waals surface area (Å²) in [5.41, 5.74) is 3.87. The standard InChI is InChI=1S/C19H25N5O3/c1-14-5-6-15(2)23(14)18-13-16(24(26)27)7-8-17(18)21-9-11-22(12-10-21)19(25)20(3)4/h5-8,13H,9-12H2,1-4H3. The van der Waals surface area contributed by atoms with Crippen LogP contribution in [-0.2, 0) is 0 Å². The zero-order valence-corrected chi connectivity index (χ0v) is 16.2. The first-order valence-corrected chi connectivity index (χ1v) is 8.94. The number of non-ortho nitro benzene ring substituents is 1. The molecular formula is C19H25N5O3. The number of nitro groups is 1. The van der Waals surface area contributed by atoms with Crippen molar-refractivity contribution in [2.75, 3.05) is 45.2 Å². The van der Waals surface area contributed by atoms with E-state index in [0.29, 0.717) is 26.2 Å². The number of rotatable bonds is 3. The Labute approximate surface area is 158 Å². The summed E-state index contributed by atoms with van der Waals surface area (Å²) >= 11 is 0. The quantitative estimate of drug-likeness (QED) is 0.614. The second kappa shape index (κ2) is 7.30. The van der Waals surface area contributed by atoms with E-state index in [1.54, 1.807) is 31.1 Å². The third-order valence-electron chi connectivity index (χ3n) is 4.96. The molecule has 8 nitrogen and oxygen atoms in total. The zero-order chi connectivity index (χ0) is 19.7. The number of benzene rings is 1. The van der Waals surface area contributed by atoms with Gasteiger partial charge in [-0.05, 0) is 32.0 Å². The number of aryl methyl sites for hydroxylation is 2. The molecule has 3 rings (SSSR count). The predicted molar refractivity (Wildman–Crippen MR) is 105 cm³/mol. The Bertz CT molecular complexity index is 847. The SMILES string of the molecule is Cc1ccc(C)n1-c1cc([N+](=O)[O-])ccc1N1CCN(C(=O)N(C)C)CC1. The van der Waals surface area contributed by atoms with Crippen LogP contribution in [0, 0.1) is 24.0 Å². The first-order chi connectivity index (χ1) is 12.8. The monoisotopic (exact) mass is 371 g/mol. The van der Waals surface area contributed by atoms with E-state index in [9.17, 15) is 14.9 Å². The molecule has 0 saturated carbocycles. The molecule has 27 heavy (non-hydrogen) atoms. The van der Waals surface area contributed by atoms with Crippen LogP contribution in [0.4, 0.5) is 16.2 Å². The van der Waals surface area contributed by atoms with Crippen LogP contribution in [-0.4, -0.2) is 65.6 Å². The number of hydrogen-bond acceptors (Lipinski definition) is 4. The summed E-state index contributed by atoms with van der Waals surface area (Å²) in [5.74, 6) is 0. The average molecular weight is 371 g/mol. The Morgan fingerprint density at radius 1 is 1.00 bits per heavy atom. The topological polar surface area (TPSA) is 74.9 Å². The van der Waals surface area contributed by atoms with Gasteiger partial charge in [-0.15, -0.1) is 0 Å². The van der Waals surface area contributed by atoms with E-state index in [-0.39, 0.29) is 16.6 Å². The van der Waals surface area contributed by atoms with Crippen LogP contribution < -0.4 is 4.90 Å². The van der Waals surface area contributed by atoms with Gasteiger partial charge in [-0.3, -0.25) is 10.1 Å². The van der Waals surface area contributed by atoms with Crippen molar-refractivity contribution in [3.8, 4) is 5.69 Å². The first-order valence-electron chi connectivity index (χ1n) is 8.94. The molecule has 8 heteroatoms. The molecule has 0 bridgehead atoms. The number of anilines is 1. The van der Waals surface area contributed by atoms with Crippen LogP contribution in [0.2, 0.25) is 0 Å². The van der Waals surface area contributed by atoms with Crippen LogP contribution in [0.25, 0.3) is 5.69 Å². The fourth-order valence-corrected chi connectivity index (χ4v) is 3.54. The average Bonchev–Trinajstić information content (AvgIpc) is 2.99. The lowest BCUT2D eigenvalue weighted by molar-refractivity contribution is -0.384. The number of hydrogen-bond donors (Lipinski definition) is 0. The molecule has 0 radical (unpaired) electrons. The van der Waals surface area contributed by atoms with Gasteiger partial charge in [0.1, 0.15) is 0 Å². The Kier molecular flexibility index (Phi) is 5.07. The molecule has 1 aromatic heterocycles. The van der Waals surface area contributed by atoms with Crippen molar-refractivity contribution in [3.63, 3.8) is 0 Å². The number of nitrogens with zero attached hydrogens (tertiary/aromatic N) is 5. The van der Waals surface area contributed by atoms with Gasteiger partial charge in [-0.2, -0.15) is 0 Å². The van der Waals surface area contributed by atoms with Gasteiger partial charge in [0, 0.05) is 63.8 Å². The summed E-state index contributed by atoms with van der Waals surface area (Å²) in [6.07, 6.45) is 0. The van der Waals surface area contributed by atoms with Gasteiger partial charge >= 0.3 is 6.03 Å². The fraction of sp³-hybridized carbons (Fsp3) is 0.421. The Hall–Kier alpha value is -3.03. The van der Waals surface area contributed by atoms with E-state index >= 15 is 0 Å². The van der Waals surface area contributed by atoms with Crippen molar-refractivity contribution < 1.29 is 9.72 Å². The maximum atomic E-state index is 12.2. The Morgan fingerprint density at radius 2 is 1.59 bits per heavy atom. The lowest BCUT2D eigenvalue weighted by Gasteiger charge is -2.38. The van der Waals surface area contributed by atoms with Gasteiger partial charge in [-0.1, -0.05) is 0 Å². The normalized spacial score (nSPS) is 14.4. The van der Waals surface area contributed by atoms with E-state index in [0.717, 1.165) is 22.8 Å². The highest BCUT2D eigenvalue weighted by Gasteiger charge is 2.25. The minimum atomic E-state index is -0.366. The number of nitro benzene ring substituents is 1. The number of piperazine rings is 1. The van der Waals surface area contributed by atoms with Gasteiger partial charge < -0.3 is 19.3 Å². The molecule has 0 N–H and O–H groups in total. The molecule has 0 aliphatic carbocycles. The van der Waals surface area contributed by atoms with E-state index in [1.807, 2.05) is 41.5 Å². The molecular weight excluding hydrogens is 346 g/mol. The molecule has 1 fully saturated rings. The minimum Gasteiger partial charge on any atom is -0.366 e. The molecule has 1 aromatic carbocycles. The van der Waals surface area contributed by atoms with E-state index in [4.69, 9.17) is 0 Å². The summed E-state index contributed by atoms with van der Waals surface area (Å²) in [6, 6.07) is 9.01. The highest BCUT2D eigenvalue weighted by Crippen LogP contribution is 2.32. The van der Waals surface area contributed by atoms with Gasteiger partial charge in [0.05, 0.1) is 16.3 Å². The van der Waals surface area contributed by atoms with Crippen molar-refractivity contribution in [3.05, 3.63) is 51.8 Å². The lowest BCUT2D eigenvalue weighted by atomic mass is 10.2.